The summed E-state index contributed by atoms with van der Waals surface area (Å²) in [6, 6.07) is 9.81. The molecule has 1 aromatic carbocycles. The summed E-state index contributed by atoms with van der Waals surface area (Å²) in [5, 5.41) is 12.3. The van der Waals surface area contributed by atoms with Crippen LogP contribution in [0, 0.1) is 0 Å². The Balaban J connectivity index is 2.04. The number of phenols is 1. The van der Waals surface area contributed by atoms with Gasteiger partial charge in [-0.3, -0.25) is 9.78 Å². The number of anilines is 1. The number of nitrogens with zero attached hydrogens (tertiary/aromatic N) is 1. The van der Waals surface area contributed by atoms with Crippen molar-refractivity contribution in [1.29, 1.82) is 0 Å². The van der Waals surface area contributed by atoms with E-state index in [-0.39, 0.29) is 18.2 Å². The van der Waals surface area contributed by atoms with Crippen LogP contribution >= 0.6 is 0 Å². The topological polar surface area (TPSA) is 88.2 Å². The van der Waals surface area contributed by atoms with Crippen LogP contribution in [0.5, 0.6) is 5.75 Å². The largest absolute Gasteiger partial charge is 0.508 e. The molecule has 0 bridgehead atoms. The molecule has 92 valence electrons. The molecule has 0 atom stereocenters. The molecule has 5 heteroatoms. The number of benzene rings is 1. The average molecular weight is 243 g/mol. The lowest BCUT2D eigenvalue weighted by atomic mass is 10.1. The summed E-state index contributed by atoms with van der Waals surface area (Å²) in [6.45, 7) is 0.201. The van der Waals surface area contributed by atoms with Crippen LogP contribution < -0.4 is 11.1 Å². The van der Waals surface area contributed by atoms with Gasteiger partial charge in [0.2, 0.25) is 0 Å². The number of nitrogens with two attached hydrogens (primary N) is 1. The third kappa shape index (κ3) is 2.76. The van der Waals surface area contributed by atoms with Gasteiger partial charge in [-0.15, -0.1) is 0 Å². The molecule has 0 aliphatic heterocycles. The molecule has 0 aliphatic rings. The highest BCUT2D eigenvalue weighted by atomic mass is 16.3. The summed E-state index contributed by atoms with van der Waals surface area (Å²) in [5.41, 5.74) is 7.05. The molecule has 0 fully saturated rings. The number of nitrogen functional groups attached to an aromatic ring is 1. The maximum absolute atomic E-state index is 11.7. The molecule has 1 aromatic heterocycles. The number of hydrogen-bond acceptors (Lipinski definition) is 4. The van der Waals surface area contributed by atoms with Gasteiger partial charge in [0, 0.05) is 24.0 Å². The number of pyridine rings is 1. The van der Waals surface area contributed by atoms with E-state index in [0.29, 0.717) is 16.9 Å². The molecule has 2 rings (SSSR count). The van der Waals surface area contributed by atoms with Gasteiger partial charge in [0.15, 0.2) is 0 Å². The van der Waals surface area contributed by atoms with Gasteiger partial charge in [0.05, 0.1) is 0 Å². The van der Waals surface area contributed by atoms with Crippen molar-refractivity contribution >= 4 is 11.6 Å². The van der Waals surface area contributed by atoms with Gasteiger partial charge in [0.25, 0.3) is 5.91 Å². The van der Waals surface area contributed by atoms with Crippen LogP contribution in [0.3, 0.4) is 0 Å². The highest BCUT2D eigenvalue weighted by Gasteiger charge is 2.07. The third-order valence-corrected chi connectivity index (χ3v) is 2.44. The Labute approximate surface area is 104 Å². The minimum atomic E-state index is -0.294. The van der Waals surface area contributed by atoms with Gasteiger partial charge in [-0.05, 0) is 30.3 Å². The Morgan fingerprint density at radius 1 is 1.33 bits per heavy atom. The first-order chi connectivity index (χ1) is 8.66. The first kappa shape index (κ1) is 11.9. The van der Waals surface area contributed by atoms with Crippen molar-refractivity contribution < 1.29 is 9.90 Å². The quantitative estimate of drug-likeness (QED) is 0.560. The van der Waals surface area contributed by atoms with Crippen molar-refractivity contribution in [1.82, 2.24) is 10.3 Å². The molecule has 0 radical (unpaired) electrons. The zero-order valence-electron chi connectivity index (χ0n) is 9.63. The minimum Gasteiger partial charge on any atom is -0.508 e. The van der Waals surface area contributed by atoms with E-state index < -0.39 is 0 Å². The lowest BCUT2D eigenvalue weighted by Gasteiger charge is -2.07. The fourth-order valence-corrected chi connectivity index (χ4v) is 1.51. The summed E-state index contributed by atoms with van der Waals surface area (Å²) in [4.78, 5) is 15.7. The monoisotopic (exact) mass is 243 g/mol. The van der Waals surface area contributed by atoms with Gasteiger partial charge in [0.1, 0.15) is 11.4 Å². The molecule has 0 saturated heterocycles. The molecule has 1 heterocycles. The number of rotatable bonds is 3. The van der Waals surface area contributed by atoms with Crippen LogP contribution in [-0.2, 0) is 6.54 Å². The number of carbonyl (C=O) groups is 1. The van der Waals surface area contributed by atoms with E-state index >= 15 is 0 Å². The van der Waals surface area contributed by atoms with Crippen LogP contribution in [0.4, 0.5) is 5.69 Å². The Kier molecular flexibility index (Phi) is 3.43. The van der Waals surface area contributed by atoms with E-state index in [2.05, 4.69) is 10.3 Å². The third-order valence-electron chi connectivity index (χ3n) is 2.44. The standard InChI is InChI=1S/C13H13N3O2/c14-10-4-5-12(17)9(7-10)8-16-13(18)11-3-1-2-6-15-11/h1-7,17H,8,14H2,(H,16,18). The van der Waals surface area contributed by atoms with E-state index in [4.69, 9.17) is 5.73 Å². The molecule has 1 amide bonds. The summed E-state index contributed by atoms with van der Waals surface area (Å²) in [7, 11) is 0. The number of aromatic hydroxyl groups is 1. The molecular formula is C13H13N3O2. The zero-order chi connectivity index (χ0) is 13.0. The molecule has 0 spiro atoms. The van der Waals surface area contributed by atoms with E-state index in [0.717, 1.165) is 0 Å². The van der Waals surface area contributed by atoms with E-state index in [1.807, 2.05) is 0 Å². The predicted molar refractivity (Wildman–Crippen MR) is 67.9 cm³/mol. The van der Waals surface area contributed by atoms with Crippen molar-refractivity contribution in [2.75, 3.05) is 5.73 Å². The highest BCUT2D eigenvalue weighted by molar-refractivity contribution is 5.92. The number of aromatic nitrogens is 1. The van der Waals surface area contributed by atoms with Gasteiger partial charge in [-0.2, -0.15) is 0 Å². The molecule has 0 aliphatic carbocycles. The first-order valence-corrected chi connectivity index (χ1v) is 5.43. The van der Waals surface area contributed by atoms with Crippen LogP contribution in [0.15, 0.2) is 42.6 Å². The predicted octanol–water partition coefficient (Wildman–Crippen LogP) is 1.30. The number of carbonyl (C=O) groups excluding carboxylic acids is 1. The Morgan fingerprint density at radius 2 is 2.17 bits per heavy atom. The highest BCUT2D eigenvalue weighted by Crippen LogP contribution is 2.19. The second-order valence-electron chi connectivity index (χ2n) is 3.79. The van der Waals surface area contributed by atoms with E-state index in [1.54, 1.807) is 36.5 Å². The summed E-state index contributed by atoms with van der Waals surface area (Å²) >= 11 is 0. The number of hydrogen-bond donors (Lipinski definition) is 3. The van der Waals surface area contributed by atoms with Crippen LogP contribution in [0.25, 0.3) is 0 Å². The molecular weight excluding hydrogens is 230 g/mol. The van der Waals surface area contributed by atoms with Crippen molar-refractivity contribution in [3.8, 4) is 5.75 Å². The molecule has 4 N–H and O–H groups in total. The minimum absolute atomic E-state index is 0.102. The van der Waals surface area contributed by atoms with Crippen molar-refractivity contribution in [2.45, 2.75) is 6.54 Å². The lowest BCUT2D eigenvalue weighted by molar-refractivity contribution is 0.0946. The fourth-order valence-electron chi connectivity index (χ4n) is 1.51. The average Bonchev–Trinajstić information content (AvgIpc) is 2.40. The molecule has 5 nitrogen and oxygen atoms in total. The van der Waals surface area contributed by atoms with Gasteiger partial charge in [-0.25, -0.2) is 0 Å². The zero-order valence-corrected chi connectivity index (χ0v) is 9.63. The van der Waals surface area contributed by atoms with E-state index in [9.17, 15) is 9.90 Å². The second-order valence-corrected chi connectivity index (χ2v) is 3.79. The molecule has 18 heavy (non-hydrogen) atoms. The maximum atomic E-state index is 11.7. The smallest absolute Gasteiger partial charge is 0.270 e. The molecule has 2 aromatic rings. The van der Waals surface area contributed by atoms with Crippen LogP contribution in [0.2, 0.25) is 0 Å². The summed E-state index contributed by atoms with van der Waals surface area (Å²) in [6.07, 6.45) is 1.55. The number of nitrogens with one attached hydrogen (secondary N) is 1. The van der Waals surface area contributed by atoms with Crippen molar-refractivity contribution in [2.24, 2.45) is 0 Å². The second kappa shape index (κ2) is 5.18. The maximum Gasteiger partial charge on any atom is 0.270 e. The number of phenolic OH excluding ortho intramolecular Hbond substituents is 1. The Bertz CT molecular complexity index is 555. The van der Waals surface area contributed by atoms with Gasteiger partial charge in [-0.1, -0.05) is 6.07 Å². The SMILES string of the molecule is Nc1ccc(O)c(CNC(=O)c2ccccn2)c1. The summed E-state index contributed by atoms with van der Waals surface area (Å²) in [5.74, 6) is -0.192. The summed E-state index contributed by atoms with van der Waals surface area (Å²) < 4.78 is 0. The fraction of sp³-hybridized carbons (Fsp3) is 0.0769. The van der Waals surface area contributed by atoms with Gasteiger partial charge < -0.3 is 16.2 Å². The van der Waals surface area contributed by atoms with Crippen LogP contribution in [0.1, 0.15) is 16.1 Å². The molecule has 0 unspecified atom stereocenters. The Morgan fingerprint density at radius 3 is 2.89 bits per heavy atom. The van der Waals surface area contributed by atoms with Crippen molar-refractivity contribution in [3.63, 3.8) is 0 Å². The number of amides is 1. The molecule has 0 saturated carbocycles. The first-order valence-electron chi connectivity index (χ1n) is 5.43. The lowest BCUT2D eigenvalue weighted by Crippen LogP contribution is -2.23. The normalized spacial score (nSPS) is 10.0. The Hall–Kier alpha value is -2.56. The van der Waals surface area contributed by atoms with E-state index in [1.165, 1.54) is 6.07 Å². The van der Waals surface area contributed by atoms with Gasteiger partial charge >= 0.3 is 0 Å². The van der Waals surface area contributed by atoms with Crippen LogP contribution in [-0.4, -0.2) is 16.0 Å². The van der Waals surface area contributed by atoms with Crippen molar-refractivity contribution in [3.05, 3.63) is 53.9 Å².